The molecule has 1 atom stereocenters. The molecule has 7 heteroatoms. The molecule has 2 N–H and O–H groups in total. The van der Waals surface area contributed by atoms with Crippen molar-refractivity contribution in [3.63, 3.8) is 0 Å². The second kappa shape index (κ2) is 10.0. The summed E-state index contributed by atoms with van der Waals surface area (Å²) in [6, 6.07) is 13.9. The number of hydrogen-bond donors (Lipinski definition) is 2. The van der Waals surface area contributed by atoms with Gasteiger partial charge >= 0.3 is 0 Å². The molecule has 3 rings (SSSR count). The van der Waals surface area contributed by atoms with E-state index >= 15 is 0 Å². The van der Waals surface area contributed by atoms with Gasteiger partial charge in [0, 0.05) is 38.8 Å². The summed E-state index contributed by atoms with van der Waals surface area (Å²) in [7, 11) is 1.71. The molecule has 0 aliphatic carbocycles. The van der Waals surface area contributed by atoms with E-state index in [1.54, 1.807) is 7.05 Å². The Balaban J connectivity index is 1.39. The van der Waals surface area contributed by atoms with Crippen molar-refractivity contribution in [3.8, 4) is 0 Å². The maximum Gasteiger partial charge on any atom is 0.191 e. The van der Waals surface area contributed by atoms with Crippen molar-refractivity contribution in [2.75, 3.05) is 38.2 Å². The first-order chi connectivity index (χ1) is 13.7. The van der Waals surface area contributed by atoms with Crippen molar-refractivity contribution in [1.29, 1.82) is 0 Å². The molecule has 28 heavy (non-hydrogen) atoms. The predicted octanol–water partition coefficient (Wildman–Crippen LogP) is 2.93. The summed E-state index contributed by atoms with van der Waals surface area (Å²) < 4.78 is 32.7. The molecule has 0 amide bonds. The van der Waals surface area contributed by atoms with Crippen molar-refractivity contribution < 1.29 is 13.5 Å². The van der Waals surface area contributed by atoms with Gasteiger partial charge in [0.15, 0.2) is 5.96 Å². The van der Waals surface area contributed by atoms with Gasteiger partial charge in [-0.05, 0) is 24.1 Å². The van der Waals surface area contributed by atoms with E-state index in [2.05, 4.69) is 15.6 Å². The highest BCUT2D eigenvalue weighted by molar-refractivity contribution is 5.80. The topological polar surface area (TPSA) is 48.9 Å². The van der Waals surface area contributed by atoms with E-state index in [9.17, 15) is 8.78 Å². The van der Waals surface area contributed by atoms with Crippen LogP contribution in [-0.2, 0) is 11.3 Å². The van der Waals surface area contributed by atoms with Crippen LogP contribution in [0.4, 0.5) is 14.5 Å². The molecular weight excluding hydrogens is 362 g/mol. The first-order valence-electron chi connectivity index (χ1n) is 9.44. The van der Waals surface area contributed by atoms with E-state index in [-0.39, 0.29) is 6.04 Å². The number of anilines is 1. The maximum atomic E-state index is 14.0. The van der Waals surface area contributed by atoms with Gasteiger partial charge in [-0.25, -0.2) is 8.78 Å². The van der Waals surface area contributed by atoms with Crippen molar-refractivity contribution >= 4 is 11.6 Å². The second-order valence-corrected chi connectivity index (χ2v) is 6.71. The van der Waals surface area contributed by atoms with E-state index in [1.165, 1.54) is 12.1 Å². The molecule has 1 aliphatic heterocycles. The summed E-state index contributed by atoms with van der Waals surface area (Å²) in [6.45, 7) is 3.11. The molecule has 0 saturated carbocycles. The molecular formula is C21H26F2N4O. The molecule has 0 spiro atoms. The maximum absolute atomic E-state index is 14.0. The third-order valence-corrected chi connectivity index (χ3v) is 4.65. The zero-order valence-electron chi connectivity index (χ0n) is 16.0. The summed E-state index contributed by atoms with van der Waals surface area (Å²) >= 11 is 0. The Morgan fingerprint density at radius 1 is 1.21 bits per heavy atom. The molecule has 0 radical (unpaired) electrons. The molecule has 1 heterocycles. The number of ether oxygens (including phenoxy) is 1. The molecule has 1 aliphatic rings. The molecule has 2 aromatic rings. The van der Waals surface area contributed by atoms with Crippen LogP contribution in [0.3, 0.4) is 0 Å². The van der Waals surface area contributed by atoms with Crippen LogP contribution in [0, 0.1) is 11.6 Å². The van der Waals surface area contributed by atoms with Gasteiger partial charge in [-0.15, -0.1) is 0 Å². The van der Waals surface area contributed by atoms with E-state index in [0.29, 0.717) is 44.5 Å². The molecule has 0 aromatic heterocycles. The molecule has 1 saturated heterocycles. The highest BCUT2D eigenvalue weighted by Gasteiger charge is 2.25. The lowest BCUT2D eigenvalue weighted by molar-refractivity contribution is 0.125. The Kier molecular flexibility index (Phi) is 7.19. The molecule has 1 fully saturated rings. The SMILES string of the molecule is CN=C(NCCOCc1ccccc1)NC1CCN(c2ccc(F)cc2F)C1. The van der Waals surface area contributed by atoms with Crippen molar-refractivity contribution in [2.45, 2.75) is 19.1 Å². The number of nitrogens with zero attached hydrogens (tertiary/aromatic N) is 2. The van der Waals surface area contributed by atoms with E-state index in [1.807, 2.05) is 35.2 Å². The normalized spacial score (nSPS) is 17.0. The Bertz CT molecular complexity index is 785. The average molecular weight is 388 g/mol. The van der Waals surface area contributed by atoms with E-state index in [0.717, 1.165) is 18.1 Å². The third kappa shape index (κ3) is 5.66. The number of aliphatic imine (C=N–C) groups is 1. The van der Waals surface area contributed by atoms with Gasteiger partial charge in [-0.1, -0.05) is 30.3 Å². The molecule has 5 nitrogen and oxygen atoms in total. The summed E-state index contributed by atoms with van der Waals surface area (Å²) in [5.74, 6) is -0.400. The van der Waals surface area contributed by atoms with Crippen LogP contribution in [0.25, 0.3) is 0 Å². The second-order valence-electron chi connectivity index (χ2n) is 6.71. The van der Waals surface area contributed by atoms with Crippen LogP contribution in [-0.4, -0.2) is 45.3 Å². The molecule has 0 bridgehead atoms. The standard InChI is InChI=1S/C21H26F2N4O/c1-24-21(25-10-12-28-15-16-5-3-2-4-6-16)26-18-9-11-27(14-18)20-8-7-17(22)13-19(20)23/h2-8,13,18H,9-12,14-15H2,1H3,(H2,24,25,26). The zero-order valence-corrected chi connectivity index (χ0v) is 16.0. The number of hydrogen-bond acceptors (Lipinski definition) is 3. The van der Waals surface area contributed by atoms with Gasteiger partial charge < -0.3 is 20.3 Å². The Morgan fingerprint density at radius 3 is 2.79 bits per heavy atom. The fourth-order valence-corrected chi connectivity index (χ4v) is 3.23. The lowest BCUT2D eigenvalue weighted by atomic mass is 10.2. The minimum Gasteiger partial charge on any atom is -0.375 e. The molecule has 150 valence electrons. The average Bonchev–Trinajstić information content (AvgIpc) is 3.15. The fourth-order valence-electron chi connectivity index (χ4n) is 3.23. The van der Waals surface area contributed by atoms with Crippen LogP contribution in [0.5, 0.6) is 0 Å². The number of guanidine groups is 1. The van der Waals surface area contributed by atoms with Crippen LogP contribution in [0.15, 0.2) is 53.5 Å². The lowest BCUT2D eigenvalue weighted by Gasteiger charge is -2.21. The van der Waals surface area contributed by atoms with Crippen molar-refractivity contribution in [1.82, 2.24) is 10.6 Å². The smallest absolute Gasteiger partial charge is 0.191 e. The highest BCUT2D eigenvalue weighted by Crippen LogP contribution is 2.24. The minimum atomic E-state index is -0.561. The highest BCUT2D eigenvalue weighted by atomic mass is 19.1. The fraction of sp³-hybridized carbons (Fsp3) is 0.381. The largest absolute Gasteiger partial charge is 0.375 e. The van der Waals surface area contributed by atoms with Gasteiger partial charge in [0.05, 0.1) is 18.9 Å². The Labute approximate surface area is 164 Å². The van der Waals surface area contributed by atoms with Crippen LogP contribution in [0.2, 0.25) is 0 Å². The summed E-state index contributed by atoms with van der Waals surface area (Å²) in [6.07, 6.45) is 0.849. The number of nitrogens with one attached hydrogen (secondary N) is 2. The van der Waals surface area contributed by atoms with Crippen molar-refractivity contribution in [3.05, 3.63) is 65.7 Å². The van der Waals surface area contributed by atoms with Gasteiger partial charge in [-0.2, -0.15) is 0 Å². The zero-order chi connectivity index (χ0) is 19.8. The van der Waals surface area contributed by atoms with Crippen LogP contribution in [0.1, 0.15) is 12.0 Å². The monoisotopic (exact) mass is 388 g/mol. The molecule has 1 unspecified atom stereocenters. The predicted molar refractivity (Wildman–Crippen MR) is 108 cm³/mol. The number of halogens is 2. The van der Waals surface area contributed by atoms with E-state index < -0.39 is 11.6 Å². The Morgan fingerprint density at radius 2 is 2.04 bits per heavy atom. The van der Waals surface area contributed by atoms with Gasteiger partial charge in [-0.3, -0.25) is 4.99 Å². The summed E-state index contributed by atoms with van der Waals surface area (Å²) in [5, 5.41) is 6.58. The molecule has 2 aromatic carbocycles. The number of rotatable bonds is 7. The quantitative estimate of drug-likeness (QED) is 0.435. The third-order valence-electron chi connectivity index (χ3n) is 4.65. The van der Waals surface area contributed by atoms with Gasteiger partial charge in [0.2, 0.25) is 0 Å². The Hall–Kier alpha value is -2.67. The van der Waals surface area contributed by atoms with Crippen molar-refractivity contribution in [2.24, 2.45) is 4.99 Å². The number of benzene rings is 2. The van der Waals surface area contributed by atoms with Gasteiger partial charge in [0.25, 0.3) is 0 Å². The lowest BCUT2D eigenvalue weighted by Crippen LogP contribution is -2.45. The minimum absolute atomic E-state index is 0.140. The first kappa shape index (κ1) is 20.1. The summed E-state index contributed by atoms with van der Waals surface area (Å²) in [4.78, 5) is 6.15. The van der Waals surface area contributed by atoms with Crippen LogP contribution >= 0.6 is 0 Å². The van der Waals surface area contributed by atoms with Gasteiger partial charge in [0.1, 0.15) is 11.6 Å². The van der Waals surface area contributed by atoms with Crippen LogP contribution < -0.4 is 15.5 Å². The summed E-state index contributed by atoms with van der Waals surface area (Å²) in [5.41, 5.74) is 1.58. The first-order valence-corrected chi connectivity index (χ1v) is 9.44. The van der Waals surface area contributed by atoms with E-state index in [4.69, 9.17) is 4.74 Å².